The Balaban J connectivity index is 2.17. The van der Waals surface area contributed by atoms with Crippen molar-refractivity contribution in [3.63, 3.8) is 0 Å². The minimum atomic E-state index is -1.76. The number of amides is 3. The third-order valence-corrected chi connectivity index (χ3v) is 3.09. The van der Waals surface area contributed by atoms with E-state index < -0.39 is 36.3 Å². The van der Waals surface area contributed by atoms with Crippen molar-refractivity contribution >= 4 is 11.9 Å². The van der Waals surface area contributed by atoms with Crippen molar-refractivity contribution in [2.75, 3.05) is 13.2 Å². The van der Waals surface area contributed by atoms with E-state index in [0.29, 0.717) is 0 Å². The van der Waals surface area contributed by atoms with Crippen LogP contribution in [-0.4, -0.2) is 58.6 Å². The van der Waals surface area contributed by atoms with Gasteiger partial charge in [-0.3, -0.25) is 15.0 Å². The largest absolute Gasteiger partial charge is 0.394 e. The lowest BCUT2D eigenvalue weighted by Crippen LogP contribution is -2.57. The van der Waals surface area contributed by atoms with Gasteiger partial charge in [-0.2, -0.15) is 0 Å². The van der Waals surface area contributed by atoms with E-state index in [1.54, 1.807) is 0 Å². The van der Waals surface area contributed by atoms with Gasteiger partial charge in [-0.1, -0.05) is 5.92 Å². The lowest BCUT2D eigenvalue weighted by molar-refractivity contribution is -0.127. The Morgan fingerprint density at radius 3 is 2.95 bits per heavy atom. The number of hydrogen-bond acceptors (Lipinski definition) is 5. The van der Waals surface area contributed by atoms with Crippen LogP contribution in [0.3, 0.4) is 0 Å². The maximum absolute atomic E-state index is 11.8. The van der Waals surface area contributed by atoms with Gasteiger partial charge in [0.2, 0.25) is 5.91 Å². The van der Waals surface area contributed by atoms with E-state index >= 15 is 0 Å². The van der Waals surface area contributed by atoms with Crippen molar-refractivity contribution in [1.82, 2.24) is 10.2 Å². The Bertz CT molecular complexity index is 488. The van der Waals surface area contributed by atoms with E-state index in [9.17, 15) is 14.7 Å². The van der Waals surface area contributed by atoms with Crippen LogP contribution in [0.15, 0.2) is 0 Å². The Kier molecular flexibility index (Phi) is 3.64. The summed E-state index contributed by atoms with van der Waals surface area (Å²) in [5.74, 6) is 2.43. The molecule has 4 atom stereocenters. The molecule has 1 unspecified atom stereocenters. The topological polar surface area (TPSA) is 99.1 Å². The minimum absolute atomic E-state index is 0.114. The van der Waals surface area contributed by atoms with Gasteiger partial charge in [0.05, 0.1) is 14.1 Å². The first-order chi connectivity index (χ1) is 9.41. The minimum Gasteiger partial charge on any atom is -0.394 e. The van der Waals surface area contributed by atoms with Gasteiger partial charge in [0.25, 0.3) is 0 Å². The summed E-state index contributed by atoms with van der Waals surface area (Å²) in [5.41, 5.74) is 0. The Hall–Kier alpha value is -1.62. The van der Waals surface area contributed by atoms with Crippen molar-refractivity contribution in [3.8, 4) is 11.8 Å². The van der Waals surface area contributed by atoms with Crippen LogP contribution < -0.4 is 5.32 Å². The number of nitrogens with one attached hydrogen (secondary N) is 1. The number of ether oxygens (including phenoxy) is 1. The number of carbonyl (C=O) groups is 2. The number of urea groups is 1. The lowest BCUT2D eigenvalue weighted by Gasteiger charge is -2.33. The SMILES string of the molecule is [2H]C1(C#CC)CN([C@H]2C[C@H](O)[C@@H](CO)O2)C(=O)NC1=O. The normalized spacial score (nSPS) is 39.4. The summed E-state index contributed by atoms with van der Waals surface area (Å²) in [5, 5.41) is 20.8. The van der Waals surface area contributed by atoms with Crippen molar-refractivity contribution in [1.29, 1.82) is 0 Å². The van der Waals surface area contributed by atoms with Crippen LogP contribution in [0.2, 0.25) is 0 Å². The number of hydrogen-bond donors (Lipinski definition) is 3. The van der Waals surface area contributed by atoms with Gasteiger partial charge in [-0.05, 0) is 6.92 Å². The van der Waals surface area contributed by atoms with Crippen molar-refractivity contribution in [2.24, 2.45) is 5.89 Å². The number of aliphatic hydroxyl groups is 2. The Morgan fingerprint density at radius 1 is 1.63 bits per heavy atom. The number of rotatable bonds is 2. The molecule has 0 saturated carbocycles. The lowest BCUT2D eigenvalue weighted by atomic mass is 10.1. The smallest absolute Gasteiger partial charge is 0.326 e. The maximum Gasteiger partial charge on any atom is 0.326 e. The zero-order chi connectivity index (χ0) is 14.9. The van der Waals surface area contributed by atoms with Crippen LogP contribution in [0.5, 0.6) is 0 Å². The van der Waals surface area contributed by atoms with Gasteiger partial charge in [-0.15, -0.1) is 5.92 Å². The molecule has 0 radical (unpaired) electrons. The second-order valence-corrected chi connectivity index (χ2v) is 4.36. The number of nitrogens with zero attached hydrogens (tertiary/aromatic N) is 1. The summed E-state index contributed by atoms with van der Waals surface area (Å²) < 4.78 is 13.4. The summed E-state index contributed by atoms with van der Waals surface area (Å²) in [6, 6.07) is -0.688. The highest BCUT2D eigenvalue weighted by Gasteiger charge is 2.42. The van der Waals surface area contributed by atoms with Crippen LogP contribution in [0.1, 0.15) is 14.7 Å². The molecule has 2 aliphatic rings. The van der Waals surface area contributed by atoms with E-state index in [0.717, 1.165) is 4.90 Å². The molecule has 2 aliphatic heterocycles. The van der Waals surface area contributed by atoms with Crippen molar-refractivity contribution < 1.29 is 25.9 Å². The third kappa shape index (κ3) is 2.71. The standard InChI is InChI=1S/C12H16N2O5/c1-2-3-7-5-14(12(18)13-11(7)17)10-4-8(16)9(6-15)19-10/h7-10,15-16H,4-6H2,1H3,(H,13,17,18)/t7?,8-,9+,10+/m0/s1/i7D. The second kappa shape index (κ2) is 5.57. The molecule has 104 valence electrons. The molecular weight excluding hydrogens is 252 g/mol. The number of carbonyl (C=O) groups excluding carboxylic acids is 2. The molecule has 7 heteroatoms. The predicted molar refractivity (Wildman–Crippen MR) is 63.6 cm³/mol. The van der Waals surface area contributed by atoms with Crippen LogP contribution in [-0.2, 0) is 9.53 Å². The van der Waals surface area contributed by atoms with Gasteiger partial charge < -0.3 is 14.9 Å². The first-order valence-corrected chi connectivity index (χ1v) is 5.91. The molecule has 2 saturated heterocycles. The first-order valence-electron chi connectivity index (χ1n) is 6.41. The Morgan fingerprint density at radius 2 is 2.37 bits per heavy atom. The molecule has 0 aromatic heterocycles. The van der Waals surface area contributed by atoms with E-state index in [2.05, 4.69) is 17.2 Å². The van der Waals surface area contributed by atoms with E-state index in [4.69, 9.17) is 11.2 Å². The molecule has 0 spiro atoms. The molecule has 0 bridgehead atoms. The predicted octanol–water partition coefficient (Wildman–Crippen LogP) is -1.35. The zero-order valence-corrected chi connectivity index (χ0v) is 10.4. The van der Waals surface area contributed by atoms with Gasteiger partial charge in [-0.25, -0.2) is 4.79 Å². The molecule has 3 N–H and O–H groups in total. The summed E-state index contributed by atoms with van der Waals surface area (Å²) >= 11 is 0. The van der Waals surface area contributed by atoms with E-state index in [-0.39, 0.29) is 19.6 Å². The molecular formula is C12H16N2O5. The molecule has 19 heavy (non-hydrogen) atoms. The van der Waals surface area contributed by atoms with E-state index in [1.807, 2.05) is 0 Å². The summed E-state index contributed by atoms with van der Waals surface area (Å²) in [6.07, 6.45) is -2.35. The fraction of sp³-hybridized carbons (Fsp3) is 0.667. The average molecular weight is 269 g/mol. The van der Waals surface area contributed by atoms with Gasteiger partial charge in [0, 0.05) is 13.0 Å². The van der Waals surface area contributed by atoms with Crippen LogP contribution in [0, 0.1) is 17.7 Å². The fourth-order valence-electron chi connectivity index (χ4n) is 2.11. The summed E-state index contributed by atoms with van der Waals surface area (Å²) in [4.78, 5) is 24.7. The molecule has 0 aliphatic carbocycles. The van der Waals surface area contributed by atoms with Crippen LogP contribution in [0.25, 0.3) is 0 Å². The molecule has 2 fully saturated rings. The van der Waals surface area contributed by atoms with Crippen LogP contribution >= 0.6 is 0 Å². The highest BCUT2D eigenvalue weighted by atomic mass is 16.5. The number of imide groups is 1. The molecule has 2 rings (SSSR count). The summed E-state index contributed by atoms with van der Waals surface area (Å²) in [7, 11) is 0. The quantitative estimate of drug-likeness (QED) is 0.538. The molecule has 0 aromatic rings. The third-order valence-electron chi connectivity index (χ3n) is 3.09. The average Bonchev–Trinajstić information content (AvgIpc) is 2.76. The van der Waals surface area contributed by atoms with E-state index in [1.165, 1.54) is 6.92 Å². The molecule has 2 heterocycles. The number of aliphatic hydroxyl groups excluding tert-OH is 2. The monoisotopic (exact) mass is 269 g/mol. The maximum atomic E-state index is 11.8. The second-order valence-electron chi connectivity index (χ2n) is 4.36. The van der Waals surface area contributed by atoms with Crippen LogP contribution in [0.4, 0.5) is 4.79 Å². The van der Waals surface area contributed by atoms with Crippen molar-refractivity contribution in [3.05, 3.63) is 0 Å². The van der Waals surface area contributed by atoms with Gasteiger partial charge in [0.1, 0.15) is 18.2 Å². The van der Waals surface area contributed by atoms with Gasteiger partial charge in [0.15, 0.2) is 0 Å². The fourth-order valence-corrected chi connectivity index (χ4v) is 2.11. The summed E-state index contributed by atoms with van der Waals surface area (Å²) in [6.45, 7) is 0.892. The van der Waals surface area contributed by atoms with Gasteiger partial charge >= 0.3 is 6.03 Å². The molecule has 3 amide bonds. The highest BCUT2D eigenvalue weighted by Crippen LogP contribution is 2.25. The van der Waals surface area contributed by atoms with Crippen molar-refractivity contribution in [2.45, 2.75) is 31.8 Å². The first kappa shape index (κ1) is 12.4. The zero-order valence-electron chi connectivity index (χ0n) is 11.4. The highest BCUT2D eigenvalue weighted by molar-refractivity contribution is 5.99. The molecule has 7 nitrogen and oxygen atoms in total. The Labute approximate surface area is 111 Å². The molecule has 0 aromatic carbocycles.